The van der Waals surface area contributed by atoms with Crippen molar-refractivity contribution in [3.8, 4) is 56.5 Å². The monoisotopic (exact) mass is 591 g/mol. The molecule has 0 N–H and O–H groups in total. The van der Waals surface area contributed by atoms with Crippen LogP contribution in [-0.4, -0.2) is 24.9 Å². The van der Waals surface area contributed by atoms with Crippen molar-refractivity contribution in [1.82, 2.24) is 24.9 Å². The van der Waals surface area contributed by atoms with E-state index in [4.69, 9.17) is 19.9 Å². The summed E-state index contributed by atoms with van der Waals surface area (Å²) < 4.78 is 0. The number of aryl methyl sites for hydroxylation is 1. The van der Waals surface area contributed by atoms with E-state index in [1.165, 1.54) is 5.56 Å². The highest BCUT2D eigenvalue weighted by atomic mass is 14.9. The van der Waals surface area contributed by atoms with Gasteiger partial charge in [-0.3, -0.25) is 4.98 Å². The number of nitrogens with zero attached hydrogens (tertiary/aromatic N) is 5. The topological polar surface area (TPSA) is 64.5 Å². The Labute approximate surface area is 267 Å². The second-order valence-electron chi connectivity index (χ2n) is 11.2. The summed E-state index contributed by atoms with van der Waals surface area (Å²) in [4.78, 5) is 24.8. The molecule has 0 atom stereocenters. The van der Waals surface area contributed by atoms with Gasteiger partial charge in [0, 0.05) is 39.2 Å². The lowest BCUT2D eigenvalue weighted by atomic mass is 10.00. The number of aromatic nitrogens is 5. The minimum atomic E-state index is 0.649. The van der Waals surface area contributed by atoms with Crippen LogP contribution in [0.5, 0.6) is 0 Å². The van der Waals surface area contributed by atoms with E-state index in [9.17, 15) is 0 Å². The average Bonchev–Trinajstić information content (AvgIpc) is 3.15. The Bertz CT molecular complexity index is 2260. The molecular formula is C41H29N5. The normalized spacial score (nSPS) is 11.2. The molecular weight excluding hydrogens is 562 g/mol. The first-order valence-electron chi connectivity index (χ1n) is 15.5. The van der Waals surface area contributed by atoms with Gasteiger partial charge in [0.25, 0.3) is 0 Å². The Hall–Kier alpha value is -6.07. The van der Waals surface area contributed by atoms with E-state index in [1.54, 1.807) is 6.20 Å². The van der Waals surface area contributed by atoms with Gasteiger partial charge in [-0.2, -0.15) is 0 Å². The van der Waals surface area contributed by atoms with Crippen molar-refractivity contribution in [3.63, 3.8) is 0 Å². The number of fused-ring (bicyclic) bond motifs is 3. The van der Waals surface area contributed by atoms with Crippen LogP contribution in [-0.2, 0) is 6.42 Å². The lowest BCUT2D eigenvalue weighted by molar-refractivity contribution is 1.15. The van der Waals surface area contributed by atoms with Crippen LogP contribution in [0.3, 0.4) is 0 Å². The summed E-state index contributed by atoms with van der Waals surface area (Å²) in [5, 5.41) is 2.22. The van der Waals surface area contributed by atoms with Gasteiger partial charge in [0.1, 0.15) is 0 Å². The van der Waals surface area contributed by atoms with Gasteiger partial charge in [0.15, 0.2) is 5.82 Å². The van der Waals surface area contributed by atoms with Crippen LogP contribution in [0.1, 0.15) is 12.5 Å². The van der Waals surface area contributed by atoms with Crippen molar-refractivity contribution in [2.45, 2.75) is 13.3 Å². The molecule has 0 aliphatic heterocycles. The number of pyridine rings is 3. The van der Waals surface area contributed by atoms with E-state index < -0.39 is 0 Å². The van der Waals surface area contributed by atoms with E-state index >= 15 is 0 Å². The summed E-state index contributed by atoms with van der Waals surface area (Å²) in [6.45, 7) is 2.19. The third-order valence-corrected chi connectivity index (χ3v) is 8.34. The van der Waals surface area contributed by atoms with Crippen molar-refractivity contribution >= 4 is 21.8 Å². The Morgan fingerprint density at radius 1 is 0.435 bits per heavy atom. The molecule has 0 saturated carbocycles. The van der Waals surface area contributed by atoms with Gasteiger partial charge in [-0.25, -0.2) is 19.9 Å². The summed E-state index contributed by atoms with van der Waals surface area (Å²) >= 11 is 0. The quantitative estimate of drug-likeness (QED) is 0.180. The van der Waals surface area contributed by atoms with Crippen LogP contribution in [0.4, 0.5) is 0 Å². The van der Waals surface area contributed by atoms with Crippen molar-refractivity contribution < 1.29 is 0 Å². The molecule has 8 rings (SSSR count). The average molecular weight is 592 g/mol. The Balaban J connectivity index is 1.21. The second-order valence-corrected chi connectivity index (χ2v) is 11.2. The lowest BCUT2D eigenvalue weighted by Gasteiger charge is -2.12. The number of hydrogen-bond acceptors (Lipinski definition) is 5. The van der Waals surface area contributed by atoms with Crippen LogP contribution >= 0.6 is 0 Å². The van der Waals surface area contributed by atoms with E-state index in [0.29, 0.717) is 5.82 Å². The zero-order chi connectivity index (χ0) is 30.9. The summed E-state index contributed by atoms with van der Waals surface area (Å²) in [5.41, 5.74) is 11.5. The molecule has 4 aromatic carbocycles. The summed E-state index contributed by atoms with van der Waals surface area (Å²) in [6, 6.07) is 47.5. The molecule has 4 aromatic heterocycles. The third kappa shape index (κ3) is 5.18. The Morgan fingerprint density at radius 2 is 1.04 bits per heavy atom. The molecule has 0 aliphatic carbocycles. The molecule has 0 unspecified atom stereocenters. The van der Waals surface area contributed by atoms with Gasteiger partial charge in [-0.05, 0) is 42.3 Å². The maximum absolute atomic E-state index is 5.19. The predicted molar refractivity (Wildman–Crippen MR) is 187 cm³/mol. The van der Waals surface area contributed by atoms with Crippen LogP contribution in [0.15, 0.2) is 146 Å². The molecule has 218 valence electrons. The smallest absolute Gasteiger partial charge is 0.160 e. The first kappa shape index (κ1) is 27.5. The highest BCUT2D eigenvalue weighted by molar-refractivity contribution is 6.05. The number of hydrogen-bond donors (Lipinski definition) is 0. The molecule has 5 nitrogen and oxygen atoms in total. The van der Waals surface area contributed by atoms with Crippen molar-refractivity contribution in [3.05, 3.63) is 151 Å². The zero-order valence-corrected chi connectivity index (χ0v) is 25.3. The minimum absolute atomic E-state index is 0.649. The fraction of sp³-hybridized carbons (Fsp3) is 0.0488. The fourth-order valence-corrected chi connectivity index (χ4v) is 5.92. The van der Waals surface area contributed by atoms with Gasteiger partial charge in [0.2, 0.25) is 0 Å². The molecule has 0 bridgehead atoms. The van der Waals surface area contributed by atoms with Crippen LogP contribution in [0, 0.1) is 0 Å². The van der Waals surface area contributed by atoms with E-state index in [1.807, 2.05) is 48.5 Å². The van der Waals surface area contributed by atoms with Crippen LogP contribution in [0.2, 0.25) is 0 Å². The van der Waals surface area contributed by atoms with E-state index in [2.05, 4.69) is 103 Å². The molecule has 4 heterocycles. The maximum Gasteiger partial charge on any atom is 0.160 e. The maximum atomic E-state index is 5.19. The third-order valence-electron chi connectivity index (χ3n) is 8.34. The fourth-order valence-electron chi connectivity index (χ4n) is 5.92. The van der Waals surface area contributed by atoms with Crippen molar-refractivity contribution in [2.24, 2.45) is 0 Å². The zero-order valence-electron chi connectivity index (χ0n) is 25.3. The molecule has 0 amide bonds. The molecule has 0 aliphatic rings. The molecule has 0 fully saturated rings. The Kier molecular flexibility index (Phi) is 7.04. The predicted octanol–water partition coefficient (Wildman–Crippen LogP) is 9.87. The molecule has 0 radical (unpaired) electrons. The lowest BCUT2D eigenvalue weighted by Crippen LogP contribution is -1.97. The first-order chi connectivity index (χ1) is 22.7. The molecule has 8 aromatic rings. The van der Waals surface area contributed by atoms with Gasteiger partial charge in [-0.15, -0.1) is 0 Å². The highest BCUT2D eigenvalue weighted by Gasteiger charge is 2.14. The summed E-state index contributed by atoms with van der Waals surface area (Å²) in [5.74, 6) is 0.649. The second kappa shape index (κ2) is 11.8. The molecule has 0 saturated heterocycles. The number of benzene rings is 4. The SMILES string of the molecule is CCc1cc(-c2ccccc2)nc2c1ccc1ccc(-c3ccc(-c4nc(-c5ccccc5)cc(-c5ccccn5)n4)cc3)nc12. The van der Waals surface area contributed by atoms with Gasteiger partial charge in [-0.1, -0.05) is 116 Å². The highest BCUT2D eigenvalue weighted by Crippen LogP contribution is 2.32. The molecule has 5 heteroatoms. The largest absolute Gasteiger partial charge is 0.255 e. The van der Waals surface area contributed by atoms with Crippen LogP contribution in [0.25, 0.3) is 78.4 Å². The number of rotatable bonds is 6. The standard InChI is InChI=1S/C41H29N5/c1-2-27-25-36(28-11-5-3-6-12-28)44-40-33(27)22-20-31-21-23-34(43-39(31)40)30-16-18-32(19-17-30)41-45-37(29-13-7-4-8-14-29)26-38(46-41)35-15-9-10-24-42-35/h3-26H,2H2,1H3. The van der Waals surface area contributed by atoms with Gasteiger partial charge < -0.3 is 0 Å². The first-order valence-corrected chi connectivity index (χ1v) is 15.5. The van der Waals surface area contributed by atoms with Crippen molar-refractivity contribution in [1.29, 1.82) is 0 Å². The Morgan fingerprint density at radius 3 is 1.74 bits per heavy atom. The minimum Gasteiger partial charge on any atom is -0.255 e. The van der Waals surface area contributed by atoms with Gasteiger partial charge >= 0.3 is 0 Å². The van der Waals surface area contributed by atoms with E-state index in [-0.39, 0.29) is 0 Å². The van der Waals surface area contributed by atoms with Gasteiger partial charge in [0.05, 0.1) is 39.5 Å². The van der Waals surface area contributed by atoms with Crippen molar-refractivity contribution in [2.75, 3.05) is 0 Å². The van der Waals surface area contributed by atoms with Crippen LogP contribution < -0.4 is 0 Å². The molecule has 0 spiro atoms. The summed E-state index contributed by atoms with van der Waals surface area (Å²) in [6.07, 6.45) is 2.70. The van der Waals surface area contributed by atoms with E-state index in [0.717, 1.165) is 79.0 Å². The summed E-state index contributed by atoms with van der Waals surface area (Å²) in [7, 11) is 0. The molecule has 46 heavy (non-hydrogen) atoms.